The van der Waals surface area contributed by atoms with Crippen LogP contribution in [0, 0.1) is 0 Å². The number of esters is 1. The number of nitrogens with one attached hydrogen (secondary N) is 1. The number of ether oxygens (including phenoxy) is 1. The number of rotatable bonds is 8. The predicted octanol–water partition coefficient (Wildman–Crippen LogP) is 5.30. The van der Waals surface area contributed by atoms with Crippen LogP contribution in [0.5, 0.6) is 0 Å². The van der Waals surface area contributed by atoms with Crippen LogP contribution in [0.3, 0.4) is 0 Å². The van der Waals surface area contributed by atoms with Gasteiger partial charge in [0, 0.05) is 24.3 Å². The number of anilines is 1. The minimum absolute atomic E-state index is 0.0637. The molecule has 1 fully saturated rings. The molecule has 1 N–H and O–H groups in total. The van der Waals surface area contributed by atoms with Crippen molar-refractivity contribution in [2.75, 3.05) is 24.6 Å². The van der Waals surface area contributed by atoms with Gasteiger partial charge in [-0.05, 0) is 55.5 Å². The number of amides is 1. The smallest absolute Gasteiger partial charge is 0.338 e. The average molecular weight is 457 g/mol. The number of hydrogen-bond acceptors (Lipinski definition) is 4. The summed E-state index contributed by atoms with van der Waals surface area (Å²) in [5, 5.41) is 3.28. The zero-order valence-corrected chi connectivity index (χ0v) is 19.7. The standard InChI is InChI=1S/C29H32N2O3/c1-2-34-29(33)24-17-15-22(16-18-24)21-27(32)30-28(23-11-5-3-6-12-23)25-13-7-8-14-26(25)31-19-9-4-10-20-31/h3,5-8,11-18,28H,2,4,9-10,19-21H2,1H3,(H,30,32)/t28-/m0/s1. The summed E-state index contributed by atoms with van der Waals surface area (Å²) in [6, 6.07) is 25.3. The van der Waals surface area contributed by atoms with Crippen LogP contribution in [0.4, 0.5) is 5.69 Å². The van der Waals surface area contributed by atoms with E-state index in [1.165, 1.54) is 24.9 Å². The summed E-state index contributed by atoms with van der Waals surface area (Å²) in [7, 11) is 0. The molecule has 1 aliphatic heterocycles. The predicted molar refractivity (Wildman–Crippen MR) is 135 cm³/mol. The van der Waals surface area contributed by atoms with Crippen LogP contribution in [-0.4, -0.2) is 31.6 Å². The van der Waals surface area contributed by atoms with Gasteiger partial charge >= 0.3 is 5.97 Å². The monoisotopic (exact) mass is 456 g/mol. The van der Waals surface area contributed by atoms with Gasteiger partial charge in [-0.25, -0.2) is 4.79 Å². The highest BCUT2D eigenvalue weighted by Gasteiger charge is 2.23. The molecule has 1 atom stereocenters. The van der Waals surface area contributed by atoms with E-state index in [9.17, 15) is 9.59 Å². The van der Waals surface area contributed by atoms with E-state index >= 15 is 0 Å². The van der Waals surface area contributed by atoms with E-state index in [4.69, 9.17) is 4.74 Å². The molecule has 3 aromatic rings. The lowest BCUT2D eigenvalue weighted by Crippen LogP contribution is -2.34. The minimum Gasteiger partial charge on any atom is -0.462 e. The van der Waals surface area contributed by atoms with Gasteiger partial charge in [0.1, 0.15) is 0 Å². The Morgan fingerprint density at radius 1 is 0.882 bits per heavy atom. The summed E-state index contributed by atoms with van der Waals surface area (Å²) < 4.78 is 5.04. The molecule has 0 unspecified atom stereocenters. The van der Waals surface area contributed by atoms with Crippen molar-refractivity contribution in [2.45, 2.75) is 38.6 Å². The minimum atomic E-state index is -0.350. The van der Waals surface area contributed by atoms with Crippen molar-refractivity contribution >= 4 is 17.6 Å². The molecule has 1 aliphatic rings. The number of piperidine rings is 1. The second-order valence-electron chi connectivity index (χ2n) is 8.61. The van der Waals surface area contributed by atoms with Crippen molar-refractivity contribution < 1.29 is 14.3 Å². The Morgan fingerprint density at radius 2 is 1.56 bits per heavy atom. The number of carbonyl (C=O) groups is 2. The first-order valence-corrected chi connectivity index (χ1v) is 12.1. The lowest BCUT2D eigenvalue weighted by molar-refractivity contribution is -0.120. The van der Waals surface area contributed by atoms with Crippen molar-refractivity contribution in [1.82, 2.24) is 5.32 Å². The van der Waals surface area contributed by atoms with Gasteiger partial charge in [0.05, 0.1) is 24.6 Å². The van der Waals surface area contributed by atoms with Crippen LogP contribution in [0.15, 0.2) is 78.9 Å². The maximum absolute atomic E-state index is 13.2. The highest BCUT2D eigenvalue weighted by atomic mass is 16.5. The van der Waals surface area contributed by atoms with Crippen LogP contribution in [0.25, 0.3) is 0 Å². The summed E-state index contributed by atoms with van der Waals surface area (Å²) in [6.07, 6.45) is 3.89. The van der Waals surface area contributed by atoms with Gasteiger partial charge < -0.3 is 15.0 Å². The number of carbonyl (C=O) groups excluding carboxylic acids is 2. The van der Waals surface area contributed by atoms with Crippen LogP contribution in [0.1, 0.15) is 59.3 Å². The molecule has 0 radical (unpaired) electrons. The van der Waals surface area contributed by atoms with Gasteiger partial charge in [-0.2, -0.15) is 0 Å². The Kier molecular flexibility index (Phi) is 7.97. The summed E-state index contributed by atoms with van der Waals surface area (Å²) >= 11 is 0. The Balaban J connectivity index is 1.55. The largest absolute Gasteiger partial charge is 0.462 e. The molecule has 0 aliphatic carbocycles. The normalized spacial score (nSPS) is 14.3. The molecule has 0 saturated carbocycles. The zero-order valence-electron chi connectivity index (χ0n) is 19.7. The van der Waals surface area contributed by atoms with E-state index in [0.29, 0.717) is 12.2 Å². The maximum Gasteiger partial charge on any atom is 0.338 e. The van der Waals surface area contributed by atoms with Gasteiger partial charge in [-0.1, -0.05) is 60.7 Å². The zero-order chi connectivity index (χ0) is 23.8. The van der Waals surface area contributed by atoms with Gasteiger partial charge in [0.2, 0.25) is 5.91 Å². The summed E-state index contributed by atoms with van der Waals surface area (Å²) in [4.78, 5) is 27.5. The van der Waals surface area contributed by atoms with Crippen molar-refractivity contribution in [3.05, 3.63) is 101 Å². The molecule has 5 heteroatoms. The maximum atomic E-state index is 13.2. The van der Waals surface area contributed by atoms with Crippen LogP contribution >= 0.6 is 0 Å². The molecular formula is C29H32N2O3. The fourth-order valence-electron chi connectivity index (χ4n) is 4.51. The van der Waals surface area contributed by atoms with Crippen molar-refractivity contribution in [2.24, 2.45) is 0 Å². The number of nitrogens with zero attached hydrogens (tertiary/aromatic N) is 1. The Morgan fingerprint density at radius 3 is 2.26 bits per heavy atom. The van der Waals surface area contributed by atoms with E-state index in [1.54, 1.807) is 19.1 Å². The molecule has 1 amide bonds. The molecule has 0 aromatic heterocycles. The van der Waals surface area contributed by atoms with Crippen LogP contribution in [-0.2, 0) is 16.0 Å². The van der Waals surface area contributed by atoms with E-state index < -0.39 is 0 Å². The fourth-order valence-corrected chi connectivity index (χ4v) is 4.51. The average Bonchev–Trinajstić information content (AvgIpc) is 2.89. The first-order chi connectivity index (χ1) is 16.7. The van der Waals surface area contributed by atoms with E-state index in [1.807, 2.05) is 36.4 Å². The second kappa shape index (κ2) is 11.5. The van der Waals surface area contributed by atoms with Crippen LogP contribution < -0.4 is 10.2 Å². The molecule has 176 valence electrons. The lowest BCUT2D eigenvalue weighted by Gasteiger charge is -2.33. The molecule has 0 spiro atoms. The van der Waals surface area contributed by atoms with Gasteiger partial charge in [-0.15, -0.1) is 0 Å². The fraction of sp³-hybridized carbons (Fsp3) is 0.310. The molecule has 1 saturated heterocycles. The summed E-state index contributed by atoms with van der Waals surface area (Å²) in [5.41, 5.74) is 4.69. The lowest BCUT2D eigenvalue weighted by atomic mass is 9.95. The molecule has 4 rings (SSSR count). The second-order valence-corrected chi connectivity index (χ2v) is 8.61. The molecule has 5 nitrogen and oxygen atoms in total. The van der Waals surface area contributed by atoms with Crippen molar-refractivity contribution in [1.29, 1.82) is 0 Å². The topological polar surface area (TPSA) is 58.6 Å². The number of hydrogen-bond donors (Lipinski definition) is 1. The van der Waals surface area contributed by atoms with Gasteiger partial charge in [-0.3, -0.25) is 4.79 Å². The third-order valence-electron chi connectivity index (χ3n) is 6.21. The first-order valence-electron chi connectivity index (χ1n) is 12.1. The molecule has 3 aromatic carbocycles. The molecule has 34 heavy (non-hydrogen) atoms. The first kappa shape index (κ1) is 23.6. The van der Waals surface area contributed by atoms with E-state index in [-0.39, 0.29) is 24.3 Å². The number of para-hydroxylation sites is 1. The van der Waals surface area contributed by atoms with Crippen molar-refractivity contribution in [3.63, 3.8) is 0 Å². The highest BCUT2D eigenvalue weighted by molar-refractivity contribution is 5.89. The van der Waals surface area contributed by atoms with Gasteiger partial charge in [0.25, 0.3) is 0 Å². The quantitative estimate of drug-likeness (QED) is 0.467. The summed E-state index contributed by atoms with van der Waals surface area (Å²) in [6.45, 7) is 4.20. The molecular weight excluding hydrogens is 424 g/mol. The van der Waals surface area contributed by atoms with E-state index in [0.717, 1.165) is 29.8 Å². The molecule has 1 heterocycles. The van der Waals surface area contributed by atoms with E-state index in [2.05, 4.69) is 40.5 Å². The third kappa shape index (κ3) is 5.84. The third-order valence-corrected chi connectivity index (χ3v) is 6.21. The molecule has 0 bridgehead atoms. The SMILES string of the molecule is CCOC(=O)c1ccc(CC(=O)N[C@@H](c2ccccc2)c2ccccc2N2CCCCC2)cc1. The Bertz CT molecular complexity index is 1090. The number of benzene rings is 3. The highest BCUT2D eigenvalue weighted by Crippen LogP contribution is 2.32. The Labute approximate surface area is 201 Å². The van der Waals surface area contributed by atoms with Gasteiger partial charge in [0.15, 0.2) is 0 Å². The van der Waals surface area contributed by atoms with Crippen molar-refractivity contribution in [3.8, 4) is 0 Å². The Hall–Kier alpha value is -3.60. The van der Waals surface area contributed by atoms with Crippen LogP contribution in [0.2, 0.25) is 0 Å². The summed E-state index contributed by atoms with van der Waals surface area (Å²) in [5.74, 6) is -0.414.